The predicted octanol–water partition coefficient (Wildman–Crippen LogP) is 4.63. The van der Waals surface area contributed by atoms with E-state index in [1.807, 2.05) is 0 Å². The average molecular weight is 371 g/mol. The maximum Gasteiger partial charge on any atom is 0.269 e. The summed E-state index contributed by atoms with van der Waals surface area (Å²) in [5.41, 5.74) is 1.58. The first kappa shape index (κ1) is 19.9. The summed E-state index contributed by atoms with van der Waals surface area (Å²) in [6, 6.07) is 8.45. The van der Waals surface area contributed by atoms with Crippen molar-refractivity contribution >= 4 is 28.3 Å². The summed E-state index contributed by atoms with van der Waals surface area (Å²) in [5, 5.41) is 21.6. The van der Waals surface area contributed by atoms with Crippen LogP contribution >= 0.6 is 11.8 Å². The summed E-state index contributed by atoms with van der Waals surface area (Å²) >= 11 is 1.53. The first-order valence-corrected chi connectivity index (χ1v) is 9.46. The zero-order valence-corrected chi connectivity index (χ0v) is 15.9. The second-order valence-electron chi connectivity index (χ2n) is 6.14. The fraction of sp³-hybridized carbons (Fsp3) is 0.421. The third-order valence-electron chi connectivity index (χ3n) is 4.28. The Morgan fingerprint density at radius 2 is 2.19 bits per heavy atom. The van der Waals surface area contributed by atoms with Crippen LogP contribution in [-0.4, -0.2) is 21.5 Å². The number of hydrogen-bond acceptors (Lipinski definition) is 6. The molecule has 0 aliphatic carbocycles. The number of allylic oxidation sites excluding steroid dienone is 2. The van der Waals surface area contributed by atoms with Gasteiger partial charge in [0.05, 0.1) is 16.0 Å². The number of benzene rings is 1. The lowest BCUT2D eigenvalue weighted by atomic mass is 9.77. The summed E-state index contributed by atoms with van der Waals surface area (Å²) in [4.78, 5) is 27.5. The van der Waals surface area contributed by atoms with Gasteiger partial charge in [-0.25, -0.2) is 4.99 Å². The number of non-ortho nitro benzene ring substituents is 1. The van der Waals surface area contributed by atoms with E-state index in [1.165, 1.54) is 30.8 Å². The molecule has 1 aliphatic heterocycles. The average Bonchev–Trinajstić information content (AvgIpc) is 2.61. The van der Waals surface area contributed by atoms with Crippen LogP contribution in [0.2, 0.25) is 0 Å². The van der Waals surface area contributed by atoms with E-state index in [1.54, 1.807) is 19.1 Å². The summed E-state index contributed by atoms with van der Waals surface area (Å²) in [5.74, 6) is -0.487. The van der Waals surface area contributed by atoms with Gasteiger partial charge in [0.15, 0.2) is 5.78 Å². The Kier molecular flexibility index (Phi) is 6.70. The van der Waals surface area contributed by atoms with E-state index in [-0.39, 0.29) is 11.5 Å². The topological polar surface area (TPSA) is 96.4 Å². The molecule has 0 saturated heterocycles. The maximum absolute atomic E-state index is 12.3. The Morgan fingerprint density at radius 1 is 1.46 bits per heavy atom. The molecule has 6 nitrogen and oxygen atoms in total. The van der Waals surface area contributed by atoms with Crippen molar-refractivity contribution in [2.75, 3.05) is 5.75 Å². The lowest BCUT2D eigenvalue weighted by Gasteiger charge is -2.29. The smallest absolute Gasteiger partial charge is 0.269 e. The number of carbonyl (C=O) groups excluding carboxylic acids is 1. The minimum atomic E-state index is -0.624. The Morgan fingerprint density at radius 3 is 2.77 bits per heavy atom. The van der Waals surface area contributed by atoms with Gasteiger partial charge in [-0.3, -0.25) is 14.9 Å². The lowest BCUT2D eigenvalue weighted by molar-refractivity contribution is -0.384. The fourth-order valence-electron chi connectivity index (χ4n) is 3.07. The molecule has 0 N–H and O–H groups in total. The third kappa shape index (κ3) is 4.20. The number of carbonyl (C=O) groups is 1. The zero-order chi connectivity index (χ0) is 19.3. The molecule has 0 amide bonds. The van der Waals surface area contributed by atoms with Gasteiger partial charge in [-0.05, 0) is 31.6 Å². The van der Waals surface area contributed by atoms with Crippen molar-refractivity contribution in [3.8, 4) is 6.07 Å². The van der Waals surface area contributed by atoms with Crippen molar-refractivity contribution in [2.24, 2.45) is 10.9 Å². The largest absolute Gasteiger partial charge is 0.295 e. The van der Waals surface area contributed by atoms with Crippen LogP contribution in [0.25, 0.3) is 0 Å². The van der Waals surface area contributed by atoms with E-state index in [2.05, 4.69) is 18.0 Å². The van der Waals surface area contributed by atoms with Gasteiger partial charge in [0.25, 0.3) is 5.69 Å². The molecule has 0 radical (unpaired) electrons. The van der Waals surface area contributed by atoms with Gasteiger partial charge in [-0.1, -0.05) is 25.5 Å². The van der Waals surface area contributed by atoms with Gasteiger partial charge in [-0.2, -0.15) is 5.26 Å². The maximum atomic E-state index is 12.3. The zero-order valence-electron chi connectivity index (χ0n) is 15.1. The van der Waals surface area contributed by atoms with Gasteiger partial charge >= 0.3 is 0 Å². The van der Waals surface area contributed by atoms with Crippen molar-refractivity contribution in [3.05, 3.63) is 51.2 Å². The van der Waals surface area contributed by atoms with Crippen LogP contribution in [0.5, 0.6) is 0 Å². The van der Waals surface area contributed by atoms with Crippen LogP contribution < -0.4 is 0 Å². The van der Waals surface area contributed by atoms with Gasteiger partial charge in [-0.15, -0.1) is 11.8 Å². The van der Waals surface area contributed by atoms with Gasteiger partial charge in [0.1, 0.15) is 5.92 Å². The molecular weight excluding hydrogens is 350 g/mol. The lowest BCUT2D eigenvalue weighted by Crippen LogP contribution is -2.28. The minimum absolute atomic E-state index is 0.0533. The molecule has 1 aromatic rings. The Balaban J connectivity index is 2.55. The molecule has 0 saturated carbocycles. The van der Waals surface area contributed by atoms with Crippen molar-refractivity contribution in [1.29, 1.82) is 5.26 Å². The molecular formula is C19H21N3O3S. The van der Waals surface area contributed by atoms with Crippen LogP contribution in [0, 0.1) is 27.4 Å². The minimum Gasteiger partial charge on any atom is -0.295 e. The second kappa shape index (κ2) is 8.77. The number of unbranched alkanes of at least 4 members (excludes halogenated alkanes) is 1. The van der Waals surface area contributed by atoms with Gasteiger partial charge in [0.2, 0.25) is 0 Å². The second-order valence-corrected chi connectivity index (χ2v) is 7.26. The highest BCUT2D eigenvalue weighted by Gasteiger charge is 2.37. The number of nitro benzene ring substituents is 1. The van der Waals surface area contributed by atoms with E-state index in [0.717, 1.165) is 18.6 Å². The van der Waals surface area contributed by atoms with Crippen LogP contribution in [0.4, 0.5) is 5.69 Å². The number of Topliss-reactive ketones (excluding diaryl/α,β-unsaturated/α-hetero) is 1. The van der Waals surface area contributed by atoms with E-state index in [9.17, 15) is 20.2 Å². The predicted molar refractivity (Wildman–Crippen MR) is 103 cm³/mol. The standard InChI is InChI=1S/C19H21N3O3S/c1-4-5-9-26-19-16(11-20)18(17(13(3)23)12(2)21-19)14-7-6-8-15(10-14)22(24)25/h6-8,10,16,18H,4-5,9H2,1-3H3/t16?,18-/m1/s1. The van der Waals surface area contributed by atoms with E-state index in [4.69, 9.17) is 0 Å². The first-order chi connectivity index (χ1) is 12.4. The number of nitrogens with zero attached hydrogens (tertiary/aromatic N) is 3. The quantitative estimate of drug-likeness (QED) is 0.413. The van der Waals surface area contributed by atoms with Gasteiger partial charge in [0, 0.05) is 29.3 Å². The molecule has 1 heterocycles. The van der Waals surface area contributed by atoms with Crippen molar-refractivity contribution < 1.29 is 9.72 Å². The monoisotopic (exact) mass is 371 g/mol. The summed E-state index contributed by atoms with van der Waals surface area (Å²) < 4.78 is 0. The molecule has 26 heavy (non-hydrogen) atoms. The number of nitriles is 1. The molecule has 1 aromatic carbocycles. The summed E-state index contributed by atoms with van der Waals surface area (Å²) in [7, 11) is 0. The Labute approximate surface area is 157 Å². The van der Waals surface area contributed by atoms with Crippen LogP contribution in [0.3, 0.4) is 0 Å². The van der Waals surface area contributed by atoms with E-state index >= 15 is 0 Å². The molecule has 0 bridgehead atoms. The van der Waals surface area contributed by atoms with Gasteiger partial charge < -0.3 is 0 Å². The van der Waals surface area contributed by atoms with E-state index < -0.39 is 16.8 Å². The summed E-state index contributed by atoms with van der Waals surface area (Å²) in [6.45, 7) is 5.30. The third-order valence-corrected chi connectivity index (χ3v) is 5.42. The molecule has 136 valence electrons. The highest BCUT2D eigenvalue weighted by atomic mass is 32.2. The number of ketones is 1. The number of hydrogen-bond donors (Lipinski definition) is 0. The summed E-state index contributed by atoms with van der Waals surface area (Å²) in [6.07, 6.45) is 2.05. The normalized spacial score (nSPS) is 19.7. The molecule has 7 heteroatoms. The molecule has 1 aliphatic rings. The van der Waals surface area contributed by atoms with Crippen molar-refractivity contribution in [2.45, 2.75) is 39.5 Å². The van der Waals surface area contributed by atoms with Crippen molar-refractivity contribution in [1.82, 2.24) is 0 Å². The number of rotatable bonds is 6. The Bertz CT molecular complexity index is 824. The molecule has 1 unspecified atom stereocenters. The number of nitro groups is 1. The number of aliphatic imine (C=N–C) groups is 1. The highest BCUT2D eigenvalue weighted by molar-refractivity contribution is 8.14. The Hall–Kier alpha value is -2.46. The fourth-order valence-corrected chi connectivity index (χ4v) is 4.28. The van der Waals surface area contributed by atoms with Crippen LogP contribution in [0.1, 0.15) is 45.1 Å². The first-order valence-electron chi connectivity index (χ1n) is 8.47. The molecule has 0 fully saturated rings. The van der Waals surface area contributed by atoms with Crippen LogP contribution in [-0.2, 0) is 4.79 Å². The highest BCUT2D eigenvalue weighted by Crippen LogP contribution is 2.42. The molecule has 0 aromatic heterocycles. The van der Waals surface area contributed by atoms with Crippen LogP contribution in [0.15, 0.2) is 40.5 Å². The molecule has 2 rings (SSSR count). The molecule has 2 atom stereocenters. The SMILES string of the molecule is CCCCSC1=NC(C)=C(C(C)=O)[C@H](c2cccc([N+](=O)[O-])c2)C1C#N. The molecule has 0 spiro atoms. The number of thioether (sulfide) groups is 1. The van der Waals surface area contributed by atoms with Crippen molar-refractivity contribution in [3.63, 3.8) is 0 Å². The van der Waals surface area contributed by atoms with E-state index in [0.29, 0.717) is 21.9 Å².